The van der Waals surface area contributed by atoms with Crippen LogP contribution >= 0.6 is 0 Å². The summed E-state index contributed by atoms with van der Waals surface area (Å²) in [4.78, 5) is 16.5. The van der Waals surface area contributed by atoms with Gasteiger partial charge in [-0.05, 0) is 32.5 Å². The summed E-state index contributed by atoms with van der Waals surface area (Å²) in [7, 11) is 0. The fourth-order valence-electron chi connectivity index (χ4n) is 1.95. The lowest BCUT2D eigenvalue weighted by molar-refractivity contribution is -0.121. The van der Waals surface area contributed by atoms with Crippen molar-refractivity contribution in [2.45, 2.75) is 26.3 Å². The number of nitrogens with zero attached hydrogens (tertiary/aromatic N) is 1. The molecular weight excluding hydrogens is 238 g/mol. The predicted octanol–water partition coefficient (Wildman–Crippen LogP) is 2.56. The van der Waals surface area contributed by atoms with Crippen LogP contribution in [0.2, 0.25) is 0 Å². The molecule has 4 nitrogen and oxygen atoms in total. The second-order valence-electron chi connectivity index (χ2n) is 5.03. The number of likely N-dealkylation sites (N-methyl/N-ethyl adjacent to an activating group) is 1. The van der Waals surface area contributed by atoms with Gasteiger partial charge < -0.3 is 10.6 Å². The third-order valence-corrected chi connectivity index (χ3v) is 3.03. The van der Waals surface area contributed by atoms with E-state index < -0.39 is 5.54 Å². The van der Waals surface area contributed by atoms with Crippen LogP contribution in [0.3, 0.4) is 0 Å². The molecule has 0 bridgehead atoms. The van der Waals surface area contributed by atoms with E-state index in [2.05, 4.69) is 15.6 Å². The average molecular weight is 257 g/mol. The Morgan fingerprint density at radius 3 is 2.79 bits per heavy atom. The van der Waals surface area contributed by atoms with Crippen LogP contribution in [0.4, 0.5) is 5.69 Å². The summed E-state index contributed by atoms with van der Waals surface area (Å²) in [5.74, 6) is -0.0635. The lowest BCUT2D eigenvalue weighted by Crippen LogP contribution is -2.49. The van der Waals surface area contributed by atoms with Gasteiger partial charge in [0.2, 0.25) is 5.91 Å². The van der Waals surface area contributed by atoms with E-state index >= 15 is 0 Å². The summed E-state index contributed by atoms with van der Waals surface area (Å²) in [6.07, 6.45) is 1.68. The molecule has 0 saturated carbocycles. The van der Waals surface area contributed by atoms with Crippen LogP contribution in [0.1, 0.15) is 20.8 Å². The SMILES string of the molecule is CCNC(C)(C)C(=O)Nc1cnc2ccccc2c1. The highest BCUT2D eigenvalue weighted by Gasteiger charge is 2.26. The van der Waals surface area contributed by atoms with E-state index in [0.29, 0.717) is 0 Å². The third kappa shape index (κ3) is 3.09. The largest absolute Gasteiger partial charge is 0.323 e. The first-order valence-electron chi connectivity index (χ1n) is 6.44. The summed E-state index contributed by atoms with van der Waals surface area (Å²) in [5.41, 5.74) is 1.04. The van der Waals surface area contributed by atoms with Crippen LogP contribution in [0.15, 0.2) is 36.5 Å². The lowest BCUT2D eigenvalue weighted by Gasteiger charge is -2.24. The Labute approximate surface area is 113 Å². The summed E-state index contributed by atoms with van der Waals surface area (Å²) >= 11 is 0. The van der Waals surface area contributed by atoms with Crippen LogP contribution < -0.4 is 10.6 Å². The summed E-state index contributed by atoms with van der Waals surface area (Å²) < 4.78 is 0. The number of anilines is 1. The molecule has 1 amide bonds. The zero-order chi connectivity index (χ0) is 13.9. The summed E-state index contributed by atoms with van der Waals surface area (Å²) in [6, 6.07) is 9.76. The van der Waals surface area contributed by atoms with E-state index in [0.717, 1.165) is 23.1 Å². The van der Waals surface area contributed by atoms with Crippen molar-refractivity contribution in [3.63, 3.8) is 0 Å². The first-order valence-corrected chi connectivity index (χ1v) is 6.44. The monoisotopic (exact) mass is 257 g/mol. The minimum atomic E-state index is -0.597. The normalized spacial score (nSPS) is 11.5. The number of para-hydroxylation sites is 1. The Hall–Kier alpha value is -1.94. The molecule has 1 aromatic heterocycles. The fourth-order valence-corrected chi connectivity index (χ4v) is 1.95. The molecule has 4 heteroatoms. The van der Waals surface area contributed by atoms with Crippen molar-refractivity contribution < 1.29 is 4.79 Å². The molecular formula is C15H19N3O. The molecule has 0 atom stereocenters. The number of aromatic nitrogens is 1. The lowest BCUT2D eigenvalue weighted by atomic mass is 10.0. The number of hydrogen-bond acceptors (Lipinski definition) is 3. The Kier molecular flexibility index (Phi) is 3.81. The molecule has 2 rings (SSSR count). The van der Waals surface area contributed by atoms with E-state index in [4.69, 9.17) is 0 Å². The van der Waals surface area contributed by atoms with Gasteiger partial charge in [-0.15, -0.1) is 0 Å². The number of benzene rings is 1. The minimum Gasteiger partial charge on any atom is -0.323 e. The molecule has 100 valence electrons. The summed E-state index contributed by atoms with van der Waals surface area (Å²) in [6.45, 7) is 6.45. The third-order valence-electron chi connectivity index (χ3n) is 3.03. The molecule has 0 spiro atoms. The molecule has 0 unspecified atom stereocenters. The van der Waals surface area contributed by atoms with E-state index in [9.17, 15) is 4.79 Å². The van der Waals surface area contributed by atoms with Crippen molar-refractivity contribution in [3.8, 4) is 0 Å². The molecule has 1 heterocycles. The highest BCUT2D eigenvalue weighted by atomic mass is 16.2. The number of carbonyl (C=O) groups excluding carboxylic acids is 1. The summed E-state index contributed by atoms with van der Waals surface area (Å²) in [5, 5.41) is 7.06. The van der Waals surface area contributed by atoms with Crippen LogP contribution in [0, 0.1) is 0 Å². The van der Waals surface area contributed by atoms with Gasteiger partial charge >= 0.3 is 0 Å². The van der Waals surface area contributed by atoms with Crippen LogP contribution in [-0.4, -0.2) is 23.0 Å². The predicted molar refractivity (Wildman–Crippen MR) is 78.1 cm³/mol. The van der Waals surface area contributed by atoms with Gasteiger partial charge in [-0.3, -0.25) is 9.78 Å². The van der Waals surface area contributed by atoms with Crippen molar-refractivity contribution >= 4 is 22.5 Å². The number of rotatable bonds is 4. The van der Waals surface area contributed by atoms with Crippen LogP contribution in [-0.2, 0) is 4.79 Å². The number of carbonyl (C=O) groups is 1. The van der Waals surface area contributed by atoms with Crippen molar-refractivity contribution in [1.29, 1.82) is 0 Å². The zero-order valence-corrected chi connectivity index (χ0v) is 11.5. The van der Waals surface area contributed by atoms with E-state index in [1.165, 1.54) is 0 Å². The molecule has 2 N–H and O–H groups in total. The Bertz CT molecular complexity index is 593. The first kappa shape index (κ1) is 13.5. The van der Waals surface area contributed by atoms with Gasteiger partial charge in [0.1, 0.15) is 0 Å². The quantitative estimate of drug-likeness (QED) is 0.885. The van der Waals surface area contributed by atoms with Crippen molar-refractivity contribution in [2.75, 3.05) is 11.9 Å². The van der Waals surface area contributed by atoms with Crippen LogP contribution in [0.25, 0.3) is 10.9 Å². The van der Waals surface area contributed by atoms with Gasteiger partial charge in [0.15, 0.2) is 0 Å². The molecule has 0 radical (unpaired) electrons. The molecule has 19 heavy (non-hydrogen) atoms. The molecule has 0 saturated heterocycles. The van der Waals surface area contributed by atoms with Gasteiger partial charge in [0.05, 0.1) is 22.9 Å². The van der Waals surface area contributed by atoms with E-state index in [1.807, 2.05) is 51.1 Å². The minimum absolute atomic E-state index is 0.0635. The maximum absolute atomic E-state index is 12.2. The Balaban J connectivity index is 2.19. The maximum atomic E-state index is 12.2. The topological polar surface area (TPSA) is 54.0 Å². The molecule has 0 fully saturated rings. The second-order valence-corrected chi connectivity index (χ2v) is 5.03. The standard InChI is InChI=1S/C15H19N3O/c1-4-17-15(2,3)14(19)18-12-9-11-7-5-6-8-13(11)16-10-12/h5-10,17H,4H2,1-3H3,(H,18,19). The number of amides is 1. The van der Waals surface area contributed by atoms with Gasteiger partial charge in [-0.25, -0.2) is 0 Å². The highest BCUT2D eigenvalue weighted by molar-refractivity contribution is 5.98. The van der Waals surface area contributed by atoms with Crippen molar-refractivity contribution in [3.05, 3.63) is 36.5 Å². The van der Waals surface area contributed by atoms with Gasteiger partial charge in [0, 0.05) is 5.39 Å². The smallest absolute Gasteiger partial charge is 0.244 e. The van der Waals surface area contributed by atoms with Crippen LogP contribution in [0.5, 0.6) is 0 Å². The zero-order valence-electron chi connectivity index (χ0n) is 11.5. The second kappa shape index (κ2) is 5.36. The number of nitrogens with one attached hydrogen (secondary N) is 2. The van der Waals surface area contributed by atoms with Gasteiger partial charge in [0.25, 0.3) is 0 Å². The van der Waals surface area contributed by atoms with E-state index in [1.54, 1.807) is 6.20 Å². The first-order chi connectivity index (χ1) is 9.03. The van der Waals surface area contributed by atoms with E-state index in [-0.39, 0.29) is 5.91 Å². The molecule has 1 aromatic carbocycles. The number of fused-ring (bicyclic) bond motifs is 1. The van der Waals surface area contributed by atoms with Crippen molar-refractivity contribution in [1.82, 2.24) is 10.3 Å². The average Bonchev–Trinajstić information content (AvgIpc) is 2.38. The van der Waals surface area contributed by atoms with Gasteiger partial charge in [-0.2, -0.15) is 0 Å². The van der Waals surface area contributed by atoms with Crippen molar-refractivity contribution in [2.24, 2.45) is 0 Å². The Morgan fingerprint density at radius 1 is 1.32 bits per heavy atom. The molecule has 2 aromatic rings. The maximum Gasteiger partial charge on any atom is 0.244 e. The fraction of sp³-hybridized carbons (Fsp3) is 0.333. The number of pyridine rings is 1. The molecule has 0 aliphatic carbocycles. The number of hydrogen-bond donors (Lipinski definition) is 2. The Morgan fingerprint density at radius 2 is 2.05 bits per heavy atom. The molecule has 0 aliphatic heterocycles. The molecule has 0 aliphatic rings. The highest BCUT2D eigenvalue weighted by Crippen LogP contribution is 2.17. The van der Waals surface area contributed by atoms with Gasteiger partial charge in [-0.1, -0.05) is 25.1 Å².